The first-order valence-electron chi connectivity index (χ1n) is 11.7. The summed E-state index contributed by atoms with van der Waals surface area (Å²) in [6.45, 7) is 4.99. The first-order valence-corrected chi connectivity index (χ1v) is 12.7. The molecule has 10 heteroatoms. The molecule has 0 radical (unpaired) electrons. The Labute approximate surface area is 217 Å². The van der Waals surface area contributed by atoms with E-state index in [-0.39, 0.29) is 17.2 Å². The maximum Gasteiger partial charge on any atom is 0.269 e. The van der Waals surface area contributed by atoms with Crippen molar-refractivity contribution in [3.63, 3.8) is 0 Å². The van der Waals surface area contributed by atoms with Gasteiger partial charge in [0, 0.05) is 36.5 Å². The van der Waals surface area contributed by atoms with Crippen LogP contribution in [0.2, 0.25) is 0 Å². The first-order chi connectivity index (χ1) is 17.9. The minimum absolute atomic E-state index is 0.0121. The van der Waals surface area contributed by atoms with Crippen LogP contribution < -0.4 is 10.3 Å². The molecule has 0 saturated carbocycles. The van der Waals surface area contributed by atoms with E-state index in [1.165, 1.54) is 28.5 Å². The van der Waals surface area contributed by atoms with E-state index in [9.17, 15) is 19.7 Å². The van der Waals surface area contributed by atoms with E-state index in [1.807, 2.05) is 13.8 Å². The number of thioether (sulfide) groups is 1. The lowest BCUT2D eigenvalue weighted by Crippen LogP contribution is -2.30. The molecule has 4 aromatic rings. The van der Waals surface area contributed by atoms with E-state index in [0.717, 1.165) is 5.56 Å². The molecule has 37 heavy (non-hydrogen) atoms. The lowest BCUT2D eigenvalue weighted by molar-refractivity contribution is -0.384. The summed E-state index contributed by atoms with van der Waals surface area (Å²) >= 11 is 1.33. The van der Waals surface area contributed by atoms with E-state index in [1.54, 1.807) is 66.6 Å². The molecule has 0 aliphatic heterocycles. The molecule has 0 spiro atoms. The number of methoxy groups -OCH3 is 1. The lowest BCUT2D eigenvalue weighted by Gasteiger charge is -2.19. The molecule has 0 bridgehead atoms. The summed E-state index contributed by atoms with van der Waals surface area (Å²) in [4.78, 5) is 43.6. The number of carbonyl (C=O) groups is 1. The number of nitro benzene ring substituents is 1. The highest BCUT2D eigenvalue weighted by Gasteiger charge is 2.18. The Bertz CT molecular complexity index is 1500. The minimum atomic E-state index is -0.444. The fourth-order valence-electron chi connectivity index (χ4n) is 3.91. The fraction of sp³-hybridized carbons (Fsp3) is 0.222. The van der Waals surface area contributed by atoms with Gasteiger partial charge in [-0.05, 0) is 61.9 Å². The smallest absolute Gasteiger partial charge is 0.269 e. The van der Waals surface area contributed by atoms with Crippen molar-refractivity contribution >= 4 is 34.3 Å². The number of nitro groups is 1. The largest absolute Gasteiger partial charge is 0.497 e. The van der Waals surface area contributed by atoms with Gasteiger partial charge in [0.15, 0.2) is 5.16 Å². The zero-order valence-corrected chi connectivity index (χ0v) is 21.5. The molecule has 0 N–H and O–H groups in total. The molecule has 190 valence electrons. The highest BCUT2D eigenvalue weighted by atomic mass is 32.2. The molecule has 0 aliphatic rings. The van der Waals surface area contributed by atoms with Gasteiger partial charge < -0.3 is 9.64 Å². The van der Waals surface area contributed by atoms with Gasteiger partial charge in [0.05, 0.1) is 28.6 Å². The molecule has 3 aromatic carbocycles. The Hall–Kier alpha value is -4.18. The van der Waals surface area contributed by atoms with Crippen molar-refractivity contribution in [1.29, 1.82) is 0 Å². The van der Waals surface area contributed by atoms with Crippen LogP contribution in [0.15, 0.2) is 76.7 Å². The standard InChI is InChI=1S/C27H26N4O5S/c1-4-29(5-2)25(32)19-8-15-23-24(16-19)28-27(37-17-18-6-9-21(10-7-18)31(34)35)30(26(23)33)20-11-13-22(36-3)14-12-20/h6-16H,4-5,17H2,1-3H3. The number of fused-ring (bicyclic) bond motifs is 1. The van der Waals surface area contributed by atoms with Crippen molar-refractivity contribution in [3.05, 3.63) is 98.3 Å². The summed E-state index contributed by atoms with van der Waals surface area (Å²) in [6, 6.07) is 18.3. The number of amides is 1. The summed E-state index contributed by atoms with van der Waals surface area (Å²) < 4.78 is 6.78. The second-order valence-corrected chi connectivity index (χ2v) is 9.10. The van der Waals surface area contributed by atoms with Gasteiger partial charge in [-0.15, -0.1) is 0 Å². The van der Waals surface area contributed by atoms with Crippen LogP contribution in [-0.2, 0) is 5.75 Å². The summed E-state index contributed by atoms with van der Waals surface area (Å²) in [7, 11) is 1.57. The van der Waals surface area contributed by atoms with Crippen LogP contribution >= 0.6 is 11.8 Å². The summed E-state index contributed by atoms with van der Waals surface area (Å²) in [5.74, 6) is 0.975. The zero-order valence-electron chi connectivity index (χ0n) is 20.7. The molecule has 0 aliphatic carbocycles. The van der Waals surface area contributed by atoms with Gasteiger partial charge in [0.1, 0.15) is 5.75 Å². The summed E-state index contributed by atoms with van der Waals surface area (Å²) in [5, 5.41) is 11.8. The predicted octanol–water partition coefficient (Wildman–Crippen LogP) is 5.08. The Kier molecular flexibility index (Phi) is 7.88. The van der Waals surface area contributed by atoms with Gasteiger partial charge in [-0.3, -0.25) is 24.3 Å². The van der Waals surface area contributed by atoms with Gasteiger partial charge in [-0.1, -0.05) is 23.9 Å². The fourth-order valence-corrected chi connectivity index (χ4v) is 4.88. The van der Waals surface area contributed by atoms with Crippen LogP contribution in [0.3, 0.4) is 0 Å². The molecule has 1 heterocycles. The van der Waals surface area contributed by atoms with E-state index >= 15 is 0 Å². The van der Waals surface area contributed by atoms with Gasteiger partial charge in [0.25, 0.3) is 17.2 Å². The molecule has 0 unspecified atom stereocenters. The van der Waals surface area contributed by atoms with Crippen molar-refractivity contribution in [2.75, 3.05) is 20.2 Å². The average Bonchev–Trinajstić information content (AvgIpc) is 2.92. The van der Waals surface area contributed by atoms with Crippen LogP contribution in [0, 0.1) is 10.1 Å². The monoisotopic (exact) mass is 518 g/mol. The van der Waals surface area contributed by atoms with Crippen LogP contribution in [-0.4, -0.2) is 45.5 Å². The number of nitrogens with zero attached hydrogens (tertiary/aromatic N) is 4. The van der Waals surface area contributed by atoms with Crippen molar-refractivity contribution in [1.82, 2.24) is 14.5 Å². The second-order valence-electron chi connectivity index (χ2n) is 8.15. The first kappa shape index (κ1) is 25.9. The molecule has 0 atom stereocenters. The van der Waals surface area contributed by atoms with Crippen LogP contribution in [0.4, 0.5) is 5.69 Å². The summed E-state index contributed by atoms with van der Waals surface area (Å²) in [5.41, 5.74) is 2.11. The Morgan fingerprint density at radius 2 is 1.73 bits per heavy atom. The molecule has 4 rings (SSSR count). The van der Waals surface area contributed by atoms with E-state index in [0.29, 0.717) is 51.9 Å². The number of carbonyl (C=O) groups excluding carboxylic acids is 1. The van der Waals surface area contributed by atoms with Gasteiger partial charge in [-0.2, -0.15) is 0 Å². The maximum absolute atomic E-state index is 13.7. The third-order valence-electron chi connectivity index (χ3n) is 5.98. The molecule has 0 fully saturated rings. The number of aromatic nitrogens is 2. The number of benzene rings is 3. The molecule has 1 amide bonds. The SMILES string of the molecule is CCN(CC)C(=O)c1ccc2c(=O)n(-c3ccc(OC)cc3)c(SCc3ccc([N+](=O)[O-])cc3)nc2c1. The van der Waals surface area contributed by atoms with Gasteiger partial charge in [0.2, 0.25) is 0 Å². The predicted molar refractivity (Wildman–Crippen MR) is 144 cm³/mol. The van der Waals surface area contributed by atoms with Gasteiger partial charge in [-0.25, -0.2) is 4.98 Å². The number of hydrogen-bond acceptors (Lipinski definition) is 7. The van der Waals surface area contributed by atoms with E-state index in [4.69, 9.17) is 9.72 Å². The molecular weight excluding hydrogens is 492 g/mol. The minimum Gasteiger partial charge on any atom is -0.497 e. The normalized spacial score (nSPS) is 10.9. The van der Waals surface area contributed by atoms with Crippen molar-refractivity contribution in [2.24, 2.45) is 0 Å². The molecule has 9 nitrogen and oxygen atoms in total. The lowest BCUT2D eigenvalue weighted by atomic mass is 10.1. The second kappa shape index (κ2) is 11.3. The zero-order chi connectivity index (χ0) is 26.5. The van der Waals surface area contributed by atoms with Crippen molar-refractivity contribution < 1.29 is 14.5 Å². The van der Waals surface area contributed by atoms with Crippen molar-refractivity contribution in [2.45, 2.75) is 24.8 Å². The Morgan fingerprint density at radius 3 is 2.32 bits per heavy atom. The van der Waals surface area contributed by atoms with Crippen molar-refractivity contribution in [3.8, 4) is 11.4 Å². The number of hydrogen-bond donors (Lipinski definition) is 0. The van der Waals surface area contributed by atoms with Crippen LogP contribution in [0.1, 0.15) is 29.8 Å². The van der Waals surface area contributed by atoms with E-state index in [2.05, 4.69) is 0 Å². The molecule has 0 saturated heterocycles. The topological polar surface area (TPSA) is 108 Å². The third-order valence-corrected chi connectivity index (χ3v) is 6.99. The number of ether oxygens (including phenoxy) is 1. The molecule has 1 aromatic heterocycles. The van der Waals surface area contributed by atoms with Crippen LogP contribution in [0.25, 0.3) is 16.6 Å². The van der Waals surface area contributed by atoms with Crippen LogP contribution in [0.5, 0.6) is 5.75 Å². The third kappa shape index (κ3) is 5.49. The maximum atomic E-state index is 13.7. The van der Waals surface area contributed by atoms with E-state index < -0.39 is 4.92 Å². The highest BCUT2D eigenvalue weighted by Crippen LogP contribution is 2.27. The highest BCUT2D eigenvalue weighted by molar-refractivity contribution is 7.98. The summed E-state index contributed by atoms with van der Waals surface area (Å²) in [6.07, 6.45) is 0. The Morgan fingerprint density at radius 1 is 1.05 bits per heavy atom. The Balaban J connectivity index is 1.80. The quantitative estimate of drug-likeness (QED) is 0.132. The number of rotatable bonds is 9. The molecular formula is C27H26N4O5S. The van der Waals surface area contributed by atoms with Gasteiger partial charge >= 0.3 is 0 Å². The number of non-ortho nitro benzene ring substituents is 1. The average molecular weight is 519 g/mol.